The summed E-state index contributed by atoms with van der Waals surface area (Å²) in [5.74, 6) is 1.46. The van der Waals surface area contributed by atoms with E-state index < -0.39 is 0 Å². The summed E-state index contributed by atoms with van der Waals surface area (Å²) in [4.78, 5) is 17.5. The number of nitrogens with one attached hydrogen (secondary N) is 1. The molecule has 0 atom stereocenters. The van der Waals surface area contributed by atoms with Crippen LogP contribution in [0.1, 0.15) is 29.4 Å². The summed E-state index contributed by atoms with van der Waals surface area (Å²) < 4.78 is 8.01. The number of nitrogens with zero attached hydrogens (tertiary/aromatic N) is 2. The van der Waals surface area contributed by atoms with Gasteiger partial charge in [-0.15, -0.1) is 0 Å². The highest BCUT2D eigenvalue weighted by molar-refractivity contribution is 5.91. The maximum atomic E-state index is 12.8. The largest absolute Gasteiger partial charge is 0.485 e. The first kappa shape index (κ1) is 20.7. The Morgan fingerprint density at radius 3 is 2.58 bits per heavy atom. The van der Waals surface area contributed by atoms with Gasteiger partial charge in [0.1, 0.15) is 24.7 Å². The molecule has 0 unspecified atom stereocenters. The maximum Gasteiger partial charge on any atom is 0.244 e. The number of aryl methyl sites for hydroxylation is 3. The molecule has 5 heteroatoms. The average molecular weight is 414 g/mol. The lowest BCUT2D eigenvalue weighted by atomic mass is 10.1. The predicted octanol–water partition coefficient (Wildman–Crippen LogP) is 5.43. The number of aromatic nitrogens is 2. The molecule has 0 saturated heterocycles. The van der Waals surface area contributed by atoms with Crippen molar-refractivity contribution in [1.29, 1.82) is 0 Å². The molecule has 0 aliphatic rings. The normalized spacial score (nSPS) is 10.9. The molecule has 0 aliphatic heterocycles. The maximum absolute atomic E-state index is 12.8. The third-order valence-corrected chi connectivity index (χ3v) is 5.38. The molecule has 0 saturated carbocycles. The summed E-state index contributed by atoms with van der Waals surface area (Å²) in [5.41, 5.74) is 6.01. The Bertz CT molecular complexity index is 1210. The minimum atomic E-state index is -0.0969. The number of amides is 1. The molecule has 1 aromatic heterocycles. The molecule has 4 rings (SSSR count). The van der Waals surface area contributed by atoms with Gasteiger partial charge in [-0.3, -0.25) is 4.79 Å². The Hall–Kier alpha value is -3.60. The Morgan fingerprint density at radius 1 is 1.03 bits per heavy atom. The van der Waals surface area contributed by atoms with Crippen LogP contribution in [-0.4, -0.2) is 15.5 Å². The lowest BCUT2D eigenvalue weighted by molar-refractivity contribution is -0.116. The van der Waals surface area contributed by atoms with Crippen molar-refractivity contribution in [3.63, 3.8) is 0 Å². The van der Waals surface area contributed by atoms with Crippen molar-refractivity contribution >= 4 is 22.6 Å². The van der Waals surface area contributed by atoms with Gasteiger partial charge in [0, 0.05) is 5.69 Å². The number of imidazole rings is 1. The van der Waals surface area contributed by atoms with Gasteiger partial charge >= 0.3 is 0 Å². The topological polar surface area (TPSA) is 56.2 Å². The number of ether oxygens (including phenoxy) is 1. The lowest BCUT2D eigenvalue weighted by Crippen LogP contribution is -2.20. The highest BCUT2D eigenvalue weighted by atomic mass is 16.5. The first-order chi connectivity index (χ1) is 15.0. The van der Waals surface area contributed by atoms with E-state index in [0.717, 1.165) is 45.8 Å². The monoisotopic (exact) mass is 413 g/mol. The quantitative estimate of drug-likeness (QED) is 0.439. The van der Waals surface area contributed by atoms with E-state index in [1.54, 1.807) is 0 Å². The number of carbonyl (C=O) groups excluding carboxylic acids is 1. The molecule has 1 N–H and O–H groups in total. The second kappa shape index (κ2) is 9.04. The fourth-order valence-corrected chi connectivity index (χ4v) is 3.59. The molecule has 31 heavy (non-hydrogen) atoms. The van der Waals surface area contributed by atoms with Crippen LogP contribution in [0.4, 0.5) is 5.69 Å². The molecule has 1 amide bonds. The summed E-state index contributed by atoms with van der Waals surface area (Å²) >= 11 is 0. The zero-order chi connectivity index (χ0) is 21.8. The van der Waals surface area contributed by atoms with Crippen LogP contribution in [0.5, 0.6) is 5.75 Å². The second-order valence-electron chi connectivity index (χ2n) is 7.76. The van der Waals surface area contributed by atoms with Crippen LogP contribution < -0.4 is 10.1 Å². The van der Waals surface area contributed by atoms with E-state index in [0.29, 0.717) is 0 Å². The fraction of sp³-hybridized carbons (Fsp3) is 0.231. The van der Waals surface area contributed by atoms with Gasteiger partial charge in [-0.25, -0.2) is 4.98 Å². The highest BCUT2D eigenvalue weighted by Crippen LogP contribution is 2.22. The predicted molar refractivity (Wildman–Crippen MR) is 124 cm³/mol. The molecular formula is C26H27N3O2. The van der Waals surface area contributed by atoms with E-state index in [1.807, 2.05) is 79.1 Å². The van der Waals surface area contributed by atoms with E-state index in [2.05, 4.69) is 18.3 Å². The highest BCUT2D eigenvalue weighted by Gasteiger charge is 2.15. The summed E-state index contributed by atoms with van der Waals surface area (Å²) in [6.07, 6.45) is 0.971. The van der Waals surface area contributed by atoms with Crippen LogP contribution in [0.25, 0.3) is 11.0 Å². The second-order valence-corrected chi connectivity index (χ2v) is 7.76. The minimum Gasteiger partial charge on any atom is -0.485 e. The van der Waals surface area contributed by atoms with Crippen LogP contribution in [0.15, 0.2) is 66.7 Å². The molecule has 3 aromatic carbocycles. The van der Waals surface area contributed by atoms with Crippen LogP contribution in [0.3, 0.4) is 0 Å². The number of rotatable bonds is 7. The number of benzene rings is 3. The third kappa shape index (κ3) is 4.77. The molecule has 1 heterocycles. The van der Waals surface area contributed by atoms with Crippen molar-refractivity contribution < 1.29 is 9.53 Å². The summed E-state index contributed by atoms with van der Waals surface area (Å²) in [5, 5.41) is 2.99. The molecule has 0 aliphatic carbocycles. The summed E-state index contributed by atoms with van der Waals surface area (Å²) in [6, 6.07) is 21.9. The summed E-state index contributed by atoms with van der Waals surface area (Å²) in [7, 11) is 0. The Labute approximate surface area is 182 Å². The molecule has 4 aromatic rings. The minimum absolute atomic E-state index is 0.0969. The first-order valence-electron chi connectivity index (χ1n) is 10.6. The fourth-order valence-electron chi connectivity index (χ4n) is 3.59. The number of fused-ring (bicyclic) bond motifs is 1. The van der Waals surface area contributed by atoms with Gasteiger partial charge in [-0.2, -0.15) is 0 Å². The Kier molecular flexibility index (Phi) is 6.03. The number of hydrogen-bond acceptors (Lipinski definition) is 3. The number of para-hydroxylation sites is 2. The van der Waals surface area contributed by atoms with Gasteiger partial charge in [0.15, 0.2) is 0 Å². The first-order valence-corrected chi connectivity index (χ1v) is 10.6. The zero-order valence-corrected chi connectivity index (χ0v) is 18.2. The van der Waals surface area contributed by atoms with Crippen LogP contribution in [0.2, 0.25) is 0 Å². The smallest absolute Gasteiger partial charge is 0.244 e. The molecule has 0 bridgehead atoms. The molecular weight excluding hydrogens is 386 g/mol. The average Bonchev–Trinajstić information content (AvgIpc) is 3.12. The van der Waals surface area contributed by atoms with Crippen molar-refractivity contribution in [2.24, 2.45) is 0 Å². The number of hydrogen-bond donors (Lipinski definition) is 1. The van der Waals surface area contributed by atoms with Crippen molar-refractivity contribution in [3.8, 4) is 5.75 Å². The van der Waals surface area contributed by atoms with E-state index >= 15 is 0 Å². The third-order valence-electron chi connectivity index (χ3n) is 5.38. The lowest BCUT2D eigenvalue weighted by Gasteiger charge is -2.13. The Morgan fingerprint density at radius 2 is 1.81 bits per heavy atom. The number of anilines is 1. The van der Waals surface area contributed by atoms with Crippen molar-refractivity contribution in [3.05, 3.63) is 89.2 Å². The van der Waals surface area contributed by atoms with Gasteiger partial charge in [0.25, 0.3) is 0 Å². The summed E-state index contributed by atoms with van der Waals surface area (Å²) in [6.45, 7) is 6.63. The number of carbonyl (C=O) groups is 1. The van der Waals surface area contributed by atoms with Crippen molar-refractivity contribution in [1.82, 2.24) is 9.55 Å². The van der Waals surface area contributed by atoms with E-state index in [9.17, 15) is 4.79 Å². The van der Waals surface area contributed by atoms with E-state index in [-0.39, 0.29) is 19.1 Å². The van der Waals surface area contributed by atoms with Gasteiger partial charge in [0.2, 0.25) is 5.91 Å². The van der Waals surface area contributed by atoms with E-state index in [1.165, 1.54) is 5.56 Å². The van der Waals surface area contributed by atoms with Crippen LogP contribution in [0, 0.1) is 13.8 Å². The van der Waals surface area contributed by atoms with Crippen molar-refractivity contribution in [2.45, 2.75) is 40.3 Å². The standard InChI is InChI=1S/C26H27N3O2/c1-4-20-11-13-21(14-12-20)27-26(30)16-29-23-8-6-5-7-22(23)28-25(29)17-31-24-15-18(2)9-10-19(24)3/h5-15H,4,16-17H2,1-3H3,(H,27,30). The molecule has 158 valence electrons. The van der Waals surface area contributed by atoms with Gasteiger partial charge < -0.3 is 14.6 Å². The SMILES string of the molecule is CCc1ccc(NC(=O)Cn2c(COc3cc(C)ccc3C)nc3ccccc32)cc1. The zero-order valence-electron chi connectivity index (χ0n) is 18.2. The van der Waals surface area contributed by atoms with Gasteiger partial charge in [-0.1, -0.05) is 43.3 Å². The molecule has 0 fully saturated rings. The van der Waals surface area contributed by atoms with Crippen LogP contribution in [-0.2, 0) is 24.4 Å². The Balaban J connectivity index is 1.55. The molecule has 5 nitrogen and oxygen atoms in total. The van der Waals surface area contributed by atoms with Crippen LogP contribution >= 0.6 is 0 Å². The van der Waals surface area contributed by atoms with E-state index in [4.69, 9.17) is 9.72 Å². The van der Waals surface area contributed by atoms with Crippen molar-refractivity contribution in [2.75, 3.05) is 5.32 Å². The molecule has 0 spiro atoms. The van der Waals surface area contributed by atoms with Gasteiger partial charge in [0.05, 0.1) is 11.0 Å². The molecule has 0 radical (unpaired) electrons. The van der Waals surface area contributed by atoms with Gasteiger partial charge in [-0.05, 0) is 67.3 Å².